The number of amides is 1. The van der Waals surface area contributed by atoms with Crippen molar-refractivity contribution in [2.24, 2.45) is 5.92 Å². The molecule has 1 aliphatic rings. The van der Waals surface area contributed by atoms with E-state index in [9.17, 15) is 9.59 Å². The SMILES string of the molecule is CCCOc1ccc(-c2nn(-c3ccccc3)cc2C2CC2C(=O)Nc2nc3ccc(C(=O)OCC)cc3s2)cc1C. The molecular formula is C33H32N4O4S. The number of esters is 1. The van der Waals surface area contributed by atoms with Crippen molar-refractivity contribution in [1.29, 1.82) is 0 Å². The minimum atomic E-state index is -0.371. The first-order valence-electron chi connectivity index (χ1n) is 14.2. The Hall–Kier alpha value is -4.50. The van der Waals surface area contributed by atoms with Gasteiger partial charge in [-0.05, 0) is 80.8 Å². The van der Waals surface area contributed by atoms with Gasteiger partial charge in [0.15, 0.2) is 5.13 Å². The lowest BCUT2D eigenvalue weighted by Gasteiger charge is -2.10. The zero-order chi connectivity index (χ0) is 29.2. The summed E-state index contributed by atoms with van der Waals surface area (Å²) in [5, 5.41) is 8.51. The van der Waals surface area contributed by atoms with E-state index in [0.717, 1.165) is 56.9 Å². The molecule has 0 saturated heterocycles. The average Bonchev–Trinajstić information content (AvgIpc) is 3.50. The highest BCUT2D eigenvalue weighted by molar-refractivity contribution is 7.22. The molecule has 6 rings (SSSR count). The van der Waals surface area contributed by atoms with Crippen LogP contribution in [0.3, 0.4) is 0 Å². The summed E-state index contributed by atoms with van der Waals surface area (Å²) in [6.45, 7) is 6.90. The summed E-state index contributed by atoms with van der Waals surface area (Å²) >= 11 is 1.35. The first-order chi connectivity index (χ1) is 20.4. The first kappa shape index (κ1) is 27.7. The predicted molar refractivity (Wildman–Crippen MR) is 165 cm³/mol. The second-order valence-electron chi connectivity index (χ2n) is 10.4. The lowest BCUT2D eigenvalue weighted by atomic mass is 10.0. The van der Waals surface area contributed by atoms with Gasteiger partial charge in [0.25, 0.3) is 0 Å². The van der Waals surface area contributed by atoms with Gasteiger partial charge in [0.2, 0.25) is 5.91 Å². The maximum Gasteiger partial charge on any atom is 0.338 e. The second kappa shape index (κ2) is 11.8. The van der Waals surface area contributed by atoms with Crippen LogP contribution in [0.25, 0.3) is 27.2 Å². The number of anilines is 1. The minimum absolute atomic E-state index is 0.0404. The van der Waals surface area contributed by atoms with Gasteiger partial charge in [0, 0.05) is 29.2 Å². The third-order valence-corrected chi connectivity index (χ3v) is 8.26. The molecule has 5 aromatic rings. The highest BCUT2D eigenvalue weighted by Crippen LogP contribution is 2.51. The average molecular weight is 581 g/mol. The molecule has 0 bridgehead atoms. The van der Waals surface area contributed by atoms with E-state index < -0.39 is 0 Å². The van der Waals surface area contributed by atoms with Gasteiger partial charge >= 0.3 is 5.97 Å². The van der Waals surface area contributed by atoms with Crippen LogP contribution in [-0.4, -0.2) is 39.9 Å². The van der Waals surface area contributed by atoms with E-state index in [2.05, 4.69) is 23.3 Å². The number of hydrogen-bond acceptors (Lipinski definition) is 7. The third kappa shape index (κ3) is 5.65. The van der Waals surface area contributed by atoms with Crippen LogP contribution in [0.2, 0.25) is 0 Å². The van der Waals surface area contributed by atoms with E-state index in [1.807, 2.05) is 60.3 Å². The molecule has 0 radical (unpaired) electrons. The van der Waals surface area contributed by atoms with E-state index in [-0.39, 0.29) is 23.7 Å². The Bertz CT molecular complexity index is 1760. The molecule has 0 spiro atoms. The summed E-state index contributed by atoms with van der Waals surface area (Å²) in [7, 11) is 0. The standard InChI is InChI=1S/C33H32N4O4S/c1-4-15-41-28-14-12-21(16-20(28)3)30-26(19-37(36-30)23-9-7-6-8-10-23)24-18-25(24)31(38)35-33-34-27-13-11-22(17-29(27)42-33)32(39)40-5-2/h6-14,16-17,19,24-25H,4-5,15,18H2,1-3H3,(H,34,35,38). The minimum Gasteiger partial charge on any atom is -0.493 e. The van der Waals surface area contributed by atoms with Crippen LogP contribution >= 0.6 is 11.3 Å². The monoisotopic (exact) mass is 580 g/mol. The van der Waals surface area contributed by atoms with Crippen molar-refractivity contribution in [2.45, 2.75) is 39.5 Å². The molecule has 2 heterocycles. The number of fused-ring (bicyclic) bond motifs is 1. The van der Waals surface area contributed by atoms with Crippen LogP contribution in [0.5, 0.6) is 5.75 Å². The summed E-state index contributed by atoms with van der Waals surface area (Å²) < 4.78 is 13.7. The maximum absolute atomic E-state index is 13.4. The largest absolute Gasteiger partial charge is 0.493 e. The van der Waals surface area contributed by atoms with Crippen LogP contribution in [0.4, 0.5) is 5.13 Å². The van der Waals surface area contributed by atoms with Gasteiger partial charge in [0.1, 0.15) is 5.75 Å². The van der Waals surface area contributed by atoms with Crippen LogP contribution in [-0.2, 0) is 9.53 Å². The van der Waals surface area contributed by atoms with Gasteiger partial charge in [-0.1, -0.05) is 36.5 Å². The topological polar surface area (TPSA) is 95.3 Å². The lowest BCUT2D eigenvalue weighted by molar-refractivity contribution is -0.117. The van der Waals surface area contributed by atoms with E-state index in [0.29, 0.717) is 23.9 Å². The summed E-state index contributed by atoms with van der Waals surface area (Å²) in [5.41, 5.74) is 6.12. The first-order valence-corrected chi connectivity index (χ1v) is 15.0. The molecule has 9 heteroatoms. The van der Waals surface area contributed by atoms with E-state index in [4.69, 9.17) is 14.6 Å². The normalized spacial score (nSPS) is 15.9. The number of thiazole rings is 1. The van der Waals surface area contributed by atoms with Crippen molar-refractivity contribution < 1.29 is 19.1 Å². The molecule has 2 aromatic heterocycles. The Morgan fingerprint density at radius 3 is 2.67 bits per heavy atom. The molecule has 1 amide bonds. The smallest absolute Gasteiger partial charge is 0.338 e. The number of carbonyl (C=O) groups is 2. The number of aromatic nitrogens is 3. The summed E-state index contributed by atoms with van der Waals surface area (Å²) in [5.74, 6) is 0.289. The van der Waals surface area contributed by atoms with Gasteiger partial charge in [0.05, 0.1) is 40.4 Å². The fraction of sp³-hybridized carbons (Fsp3) is 0.273. The van der Waals surface area contributed by atoms with Gasteiger partial charge in [-0.15, -0.1) is 0 Å². The van der Waals surface area contributed by atoms with Crippen molar-refractivity contribution in [2.75, 3.05) is 18.5 Å². The third-order valence-electron chi connectivity index (χ3n) is 7.33. The van der Waals surface area contributed by atoms with Crippen LogP contribution < -0.4 is 10.1 Å². The van der Waals surface area contributed by atoms with Crippen LogP contribution in [0.1, 0.15) is 54.1 Å². The molecular weight excluding hydrogens is 548 g/mol. The zero-order valence-electron chi connectivity index (χ0n) is 23.8. The van der Waals surface area contributed by atoms with Crippen LogP contribution in [0.15, 0.2) is 72.9 Å². The Labute approximate surface area is 248 Å². The fourth-order valence-electron chi connectivity index (χ4n) is 5.11. The number of nitrogens with one attached hydrogen (secondary N) is 1. The van der Waals surface area contributed by atoms with Crippen molar-refractivity contribution in [3.8, 4) is 22.7 Å². The number of para-hydroxylation sites is 1. The Morgan fingerprint density at radius 2 is 1.90 bits per heavy atom. The molecule has 1 saturated carbocycles. The molecule has 214 valence electrons. The summed E-state index contributed by atoms with van der Waals surface area (Å²) in [4.78, 5) is 30.0. The Morgan fingerprint density at radius 1 is 1.07 bits per heavy atom. The van der Waals surface area contributed by atoms with Gasteiger partial charge < -0.3 is 14.8 Å². The lowest BCUT2D eigenvalue weighted by Crippen LogP contribution is -2.14. The summed E-state index contributed by atoms with van der Waals surface area (Å²) in [6, 6.07) is 21.4. The molecule has 1 aliphatic carbocycles. The maximum atomic E-state index is 13.4. The molecule has 2 unspecified atom stereocenters. The summed E-state index contributed by atoms with van der Waals surface area (Å²) in [6.07, 6.45) is 3.73. The van der Waals surface area contributed by atoms with Gasteiger partial charge in [-0.3, -0.25) is 4.79 Å². The zero-order valence-corrected chi connectivity index (χ0v) is 24.6. The fourth-order valence-corrected chi connectivity index (χ4v) is 6.02. The highest BCUT2D eigenvalue weighted by Gasteiger charge is 2.46. The molecule has 1 N–H and O–H groups in total. The second-order valence-corrected chi connectivity index (χ2v) is 11.4. The molecule has 3 aromatic carbocycles. The Kier molecular flexibility index (Phi) is 7.75. The number of benzene rings is 3. The van der Waals surface area contributed by atoms with E-state index >= 15 is 0 Å². The quantitative estimate of drug-likeness (QED) is 0.176. The van der Waals surface area contributed by atoms with Crippen molar-refractivity contribution >= 4 is 38.6 Å². The predicted octanol–water partition coefficient (Wildman–Crippen LogP) is 7.17. The number of ether oxygens (including phenoxy) is 2. The molecule has 1 fully saturated rings. The Balaban J connectivity index is 1.24. The number of aryl methyl sites for hydroxylation is 1. The number of hydrogen-bond donors (Lipinski definition) is 1. The molecule has 0 aliphatic heterocycles. The van der Waals surface area contributed by atoms with Crippen molar-refractivity contribution in [3.63, 3.8) is 0 Å². The number of nitrogens with zero attached hydrogens (tertiary/aromatic N) is 3. The van der Waals surface area contributed by atoms with E-state index in [1.165, 1.54) is 11.3 Å². The number of carbonyl (C=O) groups excluding carboxylic acids is 2. The molecule has 42 heavy (non-hydrogen) atoms. The van der Waals surface area contributed by atoms with E-state index in [1.54, 1.807) is 25.1 Å². The van der Waals surface area contributed by atoms with Crippen molar-refractivity contribution in [1.82, 2.24) is 14.8 Å². The van der Waals surface area contributed by atoms with Crippen LogP contribution in [0, 0.1) is 12.8 Å². The van der Waals surface area contributed by atoms with Gasteiger partial charge in [-0.2, -0.15) is 5.10 Å². The van der Waals surface area contributed by atoms with Crippen molar-refractivity contribution in [3.05, 3.63) is 89.6 Å². The highest BCUT2D eigenvalue weighted by atomic mass is 32.1. The number of rotatable bonds is 10. The van der Waals surface area contributed by atoms with Gasteiger partial charge in [-0.25, -0.2) is 14.5 Å². The molecule has 2 atom stereocenters. The molecule has 8 nitrogen and oxygen atoms in total.